The molecule has 1 fully saturated rings. The van der Waals surface area contributed by atoms with Gasteiger partial charge in [0.05, 0.1) is 6.04 Å². The molecule has 1 heterocycles. The van der Waals surface area contributed by atoms with Gasteiger partial charge in [-0.15, -0.1) is 0 Å². The van der Waals surface area contributed by atoms with E-state index in [1.165, 1.54) is 18.9 Å². The highest BCUT2D eigenvalue weighted by Gasteiger charge is 2.24. The Morgan fingerprint density at radius 1 is 1.46 bits per heavy atom. The Hall–Kier alpha value is -1.10. The van der Waals surface area contributed by atoms with Gasteiger partial charge in [-0.25, -0.2) is 5.01 Å². The molecule has 1 atom stereocenters. The van der Waals surface area contributed by atoms with E-state index in [0.29, 0.717) is 0 Å². The van der Waals surface area contributed by atoms with Gasteiger partial charge in [0.15, 0.2) is 0 Å². The molecule has 13 heavy (non-hydrogen) atoms. The Bertz CT molecular complexity index is 211. The van der Waals surface area contributed by atoms with Crippen molar-refractivity contribution in [3.8, 4) is 0 Å². The number of hydrogen-bond acceptors (Lipinski definition) is 3. The summed E-state index contributed by atoms with van der Waals surface area (Å²) in [6, 6.07) is 0.0985. The fourth-order valence-corrected chi connectivity index (χ4v) is 1.46. The van der Waals surface area contributed by atoms with Gasteiger partial charge in [-0.1, -0.05) is 0 Å². The maximum atomic E-state index is 11.1. The summed E-state index contributed by atoms with van der Waals surface area (Å²) in [6.45, 7) is 4.50. The van der Waals surface area contributed by atoms with Crippen LogP contribution in [0.25, 0.3) is 0 Å². The lowest BCUT2D eigenvalue weighted by molar-refractivity contribution is -0.141. The molecule has 0 bridgehead atoms. The van der Waals surface area contributed by atoms with Gasteiger partial charge in [-0.05, 0) is 13.0 Å². The number of carbonyl (C=O) groups excluding carboxylic acids is 2. The number of amides is 2. The summed E-state index contributed by atoms with van der Waals surface area (Å²) < 4.78 is 0. The van der Waals surface area contributed by atoms with E-state index in [-0.39, 0.29) is 17.9 Å². The molecule has 0 aromatic heterocycles. The number of nitrogens with zero attached hydrogens (tertiary/aromatic N) is 1. The molecule has 5 nitrogen and oxygen atoms in total. The largest absolute Gasteiger partial charge is 0.315 e. The zero-order chi connectivity index (χ0) is 9.84. The fraction of sp³-hybridized carbons (Fsp3) is 0.750. The molecule has 0 spiro atoms. The maximum absolute atomic E-state index is 11.1. The SMILES string of the molecule is CC(=O)NN(C(C)=O)C1CCNC1. The predicted octanol–water partition coefficient (Wildman–Crippen LogP) is -0.752. The molecule has 2 amide bonds. The molecule has 5 heteroatoms. The molecule has 2 N–H and O–H groups in total. The van der Waals surface area contributed by atoms with Crippen LogP contribution in [0.2, 0.25) is 0 Å². The maximum Gasteiger partial charge on any atom is 0.238 e. The van der Waals surface area contributed by atoms with Crippen molar-refractivity contribution in [2.24, 2.45) is 0 Å². The summed E-state index contributed by atoms with van der Waals surface area (Å²) in [7, 11) is 0. The van der Waals surface area contributed by atoms with Gasteiger partial charge in [0.1, 0.15) is 0 Å². The highest BCUT2D eigenvalue weighted by Crippen LogP contribution is 2.05. The van der Waals surface area contributed by atoms with Crippen molar-refractivity contribution < 1.29 is 9.59 Å². The predicted molar refractivity (Wildman–Crippen MR) is 47.6 cm³/mol. The molecule has 0 radical (unpaired) electrons. The van der Waals surface area contributed by atoms with Gasteiger partial charge in [0.2, 0.25) is 11.8 Å². The smallest absolute Gasteiger partial charge is 0.238 e. The number of hydrogen-bond donors (Lipinski definition) is 2. The van der Waals surface area contributed by atoms with Crippen molar-refractivity contribution in [3.63, 3.8) is 0 Å². The average molecular weight is 185 g/mol. The molecule has 0 aromatic carbocycles. The monoisotopic (exact) mass is 185 g/mol. The van der Waals surface area contributed by atoms with Crippen LogP contribution < -0.4 is 10.7 Å². The molecule has 0 saturated carbocycles. The molecule has 1 aliphatic rings. The van der Waals surface area contributed by atoms with E-state index < -0.39 is 0 Å². The topological polar surface area (TPSA) is 61.4 Å². The molecule has 0 aliphatic carbocycles. The van der Waals surface area contributed by atoms with Crippen LogP contribution in [0.4, 0.5) is 0 Å². The Labute approximate surface area is 77.4 Å². The molecule has 1 aliphatic heterocycles. The Morgan fingerprint density at radius 3 is 2.54 bits per heavy atom. The summed E-state index contributed by atoms with van der Waals surface area (Å²) in [6.07, 6.45) is 0.889. The number of nitrogens with one attached hydrogen (secondary N) is 2. The second-order valence-corrected chi connectivity index (χ2v) is 3.20. The zero-order valence-electron chi connectivity index (χ0n) is 7.96. The van der Waals surface area contributed by atoms with E-state index in [0.717, 1.165) is 19.5 Å². The van der Waals surface area contributed by atoms with Crippen LogP contribution >= 0.6 is 0 Å². The highest BCUT2D eigenvalue weighted by molar-refractivity contribution is 5.79. The minimum atomic E-state index is -0.206. The van der Waals surface area contributed by atoms with Crippen molar-refractivity contribution in [1.82, 2.24) is 15.8 Å². The molecular weight excluding hydrogens is 170 g/mol. The molecule has 1 saturated heterocycles. The molecular formula is C8H15N3O2. The Morgan fingerprint density at radius 2 is 2.15 bits per heavy atom. The highest BCUT2D eigenvalue weighted by atomic mass is 16.2. The summed E-state index contributed by atoms with van der Waals surface area (Å²) in [5.74, 6) is -0.328. The van der Waals surface area contributed by atoms with Crippen LogP contribution in [0.15, 0.2) is 0 Å². The quantitative estimate of drug-likeness (QED) is 0.528. The van der Waals surface area contributed by atoms with E-state index in [4.69, 9.17) is 0 Å². The zero-order valence-corrected chi connectivity index (χ0v) is 7.96. The summed E-state index contributed by atoms with van der Waals surface area (Å²) in [5.41, 5.74) is 2.53. The van der Waals surface area contributed by atoms with Crippen LogP contribution in [0.1, 0.15) is 20.3 Å². The summed E-state index contributed by atoms with van der Waals surface area (Å²) >= 11 is 0. The second-order valence-electron chi connectivity index (χ2n) is 3.20. The number of rotatable bonds is 1. The number of carbonyl (C=O) groups is 2. The van der Waals surface area contributed by atoms with Gasteiger partial charge in [0.25, 0.3) is 0 Å². The first kappa shape index (κ1) is 9.98. The van der Waals surface area contributed by atoms with Gasteiger partial charge >= 0.3 is 0 Å². The summed E-state index contributed by atoms with van der Waals surface area (Å²) in [5, 5.41) is 4.54. The number of hydrazine groups is 1. The van der Waals surface area contributed by atoms with Crippen LogP contribution in [0.5, 0.6) is 0 Å². The van der Waals surface area contributed by atoms with E-state index in [9.17, 15) is 9.59 Å². The lowest BCUT2D eigenvalue weighted by Crippen LogP contribution is -2.51. The van der Waals surface area contributed by atoms with Gasteiger partial charge in [0, 0.05) is 20.4 Å². The van der Waals surface area contributed by atoms with E-state index in [1.54, 1.807) is 0 Å². The first-order valence-corrected chi connectivity index (χ1v) is 4.39. The van der Waals surface area contributed by atoms with Crippen molar-refractivity contribution >= 4 is 11.8 Å². The average Bonchev–Trinajstić information content (AvgIpc) is 2.50. The van der Waals surface area contributed by atoms with E-state index >= 15 is 0 Å². The molecule has 1 unspecified atom stereocenters. The van der Waals surface area contributed by atoms with Crippen molar-refractivity contribution in [2.45, 2.75) is 26.3 Å². The van der Waals surface area contributed by atoms with E-state index in [2.05, 4.69) is 10.7 Å². The first-order valence-electron chi connectivity index (χ1n) is 4.39. The molecule has 1 rings (SSSR count). The third-order valence-electron chi connectivity index (χ3n) is 2.02. The Balaban J connectivity index is 2.55. The minimum absolute atomic E-state index is 0.0985. The minimum Gasteiger partial charge on any atom is -0.315 e. The second kappa shape index (κ2) is 4.23. The van der Waals surface area contributed by atoms with Crippen LogP contribution in [-0.2, 0) is 9.59 Å². The van der Waals surface area contributed by atoms with E-state index in [1.807, 2.05) is 0 Å². The van der Waals surface area contributed by atoms with Gasteiger partial charge in [-0.3, -0.25) is 15.0 Å². The standard InChI is InChI=1S/C8H15N3O2/c1-6(12)10-11(7(2)13)8-3-4-9-5-8/h8-9H,3-5H2,1-2H3,(H,10,12). The summed E-state index contributed by atoms with van der Waals surface area (Å²) in [4.78, 5) is 21.9. The van der Waals surface area contributed by atoms with Gasteiger partial charge < -0.3 is 5.32 Å². The van der Waals surface area contributed by atoms with Gasteiger partial charge in [-0.2, -0.15) is 0 Å². The lowest BCUT2D eigenvalue weighted by atomic mass is 10.2. The fourth-order valence-electron chi connectivity index (χ4n) is 1.46. The van der Waals surface area contributed by atoms with Crippen LogP contribution in [-0.4, -0.2) is 36.0 Å². The third kappa shape index (κ3) is 2.69. The van der Waals surface area contributed by atoms with Crippen molar-refractivity contribution in [3.05, 3.63) is 0 Å². The molecule has 0 aromatic rings. The van der Waals surface area contributed by atoms with Crippen molar-refractivity contribution in [2.75, 3.05) is 13.1 Å². The first-order chi connectivity index (χ1) is 6.11. The molecule has 74 valence electrons. The van der Waals surface area contributed by atoms with Crippen molar-refractivity contribution in [1.29, 1.82) is 0 Å². The van der Waals surface area contributed by atoms with Crippen LogP contribution in [0.3, 0.4) is 0 Å². The van der Waals surface area contributed by atoms with Crippen LogP contribution in [0, 0.1) is 0 Å². The normalized spacial score (nSPS) is 21.2. The third-order valence-corrected chi connectivity index (χ3v) is 2.02. The lowest BCUT2D eigenvalue weighted by Gasteiger charge is -2.26. The Kier molecular flexibility index (Phi) is 3.25.